The molecule has 4 rings (SSSR count). The number of hydrogen-bond donors (Lipinski definition) is 1. The van der Waals surface area contributed by atoms with E-state index in [9.17, 15) is 14.0 Å². The van der Waals surface area contributed by atoms with Gasteiger partial charge in [0.25, 0.3) is 0 Å². The predicted octanol–water partition coefficient (Wildman–Crippen LogP) is 3.23. The van der Waals surface area contributed by atoms with Crippen molar-refractivity contribution in [2.75, 3.05) is 5.32 Å². The van der Waals surface area contributed by atoms with Crippen LogP contribution in [0.2, 0.25) is 0 Å². The number of fused-ring (bicyclic) bond motifs is 3. The number of amides is 1. The zero-order chi connectivity index (χ0) is 18.3. The summed E-state index contributed by atoms with van der Waals surface area (Å²) in [5.41, 5.74) is 1.30. The van der Waals surface area contributed by atoms with Gasteiger partial charge in [-0.2, -0.15) is 5.10 Å². The van der Waals surface area contributed by atoms with Crippen molar-refractivity contribution >= 4 is 33.5 Å². The van der Waals surface area contributed by atoms with Gasteiger partial charge in [0, 0.05) is 11.1 Å². The minimum absolute atomic E-state index is 0.119. The minimum atomic E-state index is -0.508. The number of halogens is 1. The Kier molecular flexibility index (Phi) is 3.76. The fourth-order valence-corrected chi connectivity index (χ4v) is 2.85. The van der Waals surface area contributed by atoms with Crippen molar-refractivity contribution in [3.63, 3.8) is 0 Å². The summed E-state index contributed by atoms with van der Waals surface area (Å²) in [7, 11) is 0. The van der Waals surface area contributed by atoms with Gasteiger partial charge in [0.1, 0.15) is 23.3 Å². The largest absolute Gasteiger partial charge is 0.422 e. The number of carbonyl (C=O) groups is 1. The lowest BCUT2D eigenvalue weighted by Gasteiger charge is -2.08. The summed E-state index contributed by atoms with van der Waals surface area (Å²) in [6, 6.07) is 11.5. The highest BCUT2D eigenvalue weighted by Gasteiger charge is 2.15. The van der Waals surface area contributed by atoms with Crippen LogP contribution < -0.4 is 10.9 Å². The summed E-state index contributed by atoms with van der Waals surface area (Å²) in [6.07, 6.45) is 1.38. The molecule has 0 fully saturated rings. The molecule has 4 aromatic rings. The standard InChI is InChI=1S/C19H14FN3O3/c1-11-6-7-12(8-15(11)20)22-17(24)10-23-18-13-4-2-3-5-16(13)26-19(25)14(18)9-21-23/h2-9H,10H2,1H3,(H,22,24). The molecule has 0 spiro atoms. The van der Waals surface area contributed by atoms with Crippen LogP contribution in [0.25, 0.3) is 21.9 Å². The van der Waals surface area contributed by atoms with Crippen LogP contribution in [-0.2, 0) is 11.3 Å². The van der Waals surface area contributed by atoms with Gasteiger partial charge in [-0.3, -0.25) is 9.48 Å². The number of benzene rings is 2. The number of anilines is 1. The predicted molar refractivity (Wildman–Crippen MR) is 95.5 cm³/mol. The van der Waals surface area contributed by atoms with E-state index in [1.54, 1.807) is 37.3 Å². The van der Waals surface area contributed by atoms with E-state index in [-0.39, 0.29) is 12.5 Å². The van der Waals surface area contributed by atoms with Gasteiger partial charge in [-0.25, -0.2) is 9.18 Å². The number of aryl methyl sites for hydroxylation is 1. The van der Waals surface area contributed by atoms with Gasteiger partial charge in [-0.1, -0.05) is 18.2 Å². The molecule has 1 N–H and O–H groups in total. The van der Waals surface area contributed by atoms with Crippen LogP contribution >= 0.6 is 0 Å². The number of nitrogens with zero attached hydrogens (tertiary/aromatic N) is 2. The Hall–Kier alpha value is -3.48. The second-order valence-corrected chi connectivity index (χ2v) is 5.96. The molecule has 2 aromatic carbocycles. The Labute approximate surface area is 146 Å². The number of hydrogen-bond acceptors (Lipinski definition) is 4. The second-order valence-electron chi connectivity index (χ2n) is 5.96. The summed E-state index contributed by atoms with van der Waals surface area (Å²) in [5.74, 6) is -0.772. The Bertz CT molecular complexity index is 1210. The van der Waals surface area contributed by atoms with E-state index >= 15 is 0 Å². The second kappa shape index (κ2) is 6.11. The van der Waals surface area contributed by atoms with Crippen LogP contribution in [0.5, 0.6) is 0 Å². The first-order valence-electron chi connectivity index (χ1n) is 7.96. The van der Waals surface area contributed by atoms with Crippen molar-refractivity contribution < 1.29 is 13.6 Å². The van der Waals surface area contributed by atoms with Gasteiger partial charge >= 0.3 is 5.63 Å². The molecule has 0 aliphatic heterocycles. The average molecular weight is 351 g/mol. The maximum absolute atomic E-state index is 13.6. The van der Waals surface area contributed by atoms with Crippen molar-refractivity contribution in [2.24, 2.45) is 0 Å². The van der Waals surface area contributed by atoms with E-state index < -0.39 is 11.4 Å². The lowest BCUT2D eigenvalue weighted by atomic mass is 10.2. The quantitative estimate of drug-likeness (QED) is 0.575. The fraction of sp³-hybridized carbons (Fsp3) is 0.105. The molecule has 2 aromatic heterocycles. The Morgan fingerprint density at radius 2 is 2.04 bits per heavy atom. The molecule has 26 heavy (non-hydrogen) atoms. The molecular formula is C19H14FN3O3. The number of rotatable bonds is 3. The maximum atomic E-state index is 13.6. The fourth-order valence-electron chi connectivity index (χ4n) is 2.85. The van der Waals surface area contributed by atoms with Crippen LogP contribution in [0.4, 0.5) is 10.1 Å². The van der Waals surface area contributed by atoms with Gasteiger partial charge < -0.3 is 9.73 Å². The van der Waals surface area contributed by atoms with Gasteiger partial charge in [0.05, 0.1) is 11.7 Å². The molecule has 6 nitrogen and oxygen atoms in total. The number of para-hydroxylation sites is 1. The lowest BCUT2D eigenvalue weighted by molar-refractivity contribution is -0.116. The van der Waals surface area contributed by atoms with Crippen molar-refractivity contribution in [1.29, 1.82) is 0 Å². The molecule has 0 saturated carbocycles. The summed E-state index contributed by atoms with van der Waals surface area (Å²) < 4.78 is 20.3. The molecule has 0 saturated heterocycles. The van der Waals surface area contributed by atoms with Gasteiger partial charge in [-0.05, 0) is 36.8 Å². The molecule has 0 atom stereocenters. The van der Waals surface area contributed by atoms with E-state index in [1.807, 2.05) is 6.07 Å². The van der Waals surface area contributed by atoms with Crippen molar-refractivity contribution in [1.82, 2.24) is 9.78 Å². The van der Waals surface area contributed by atoms with E-state index in [2.05, 4.69) is 10.4 Å². The maximum Gasteiger partial charge on any atom is 0.347 e. The van der Waals surface area contributed by atoms with Crippen LogP contribution in [0.1, 0.15) is 5.56 Å². The van der Waals surface area contributed by atoms with Crippen LogP contribution in [0.3, 0.4) is 0 Å². The first-order valence-corrected chi connectivity index (χ1v) is 7.96. The zero-order valence-corrected chi connectivity index (χ0v) is 13.8. The summed E-state index contributed by atoms with van der Waals surface area (Å²) in [6.45, 7) is 1.53. The molecular weight excluding hydrogens is 337 g/mol. The van der Waals surface area contributed by atoms with Crippen LogP contribution in [-0.4, -0.2) is 15.7 Å². The molecule has 0 aliphatic carbocycles. The first kappa shape index (κ1) is 16.0. The Morgan fingerprint density at radius 3 is 2.85 bits per heavy atom. The highest BCUT2D eigenvalue weighted by atomic mass is 19.1. The van der Waals surface area contributed by atoms with E-state index in [0.717, 1.165) is 0 Å². The van der Waals surface area contributed by atoms with Crippen molar-refractivity contribution in [2.45, 2.75) is 13.5 Å². The average Bonchev–Trinajstić information content (AvgIpc) is 3.03. The van der Waals surface area contributed by atoms with Crippen LogP contribution in [0, 0.1) is 12.7 Å². The summed E-state index contributed by atoms with van der Waals surface area (Å²) in [4.78, 5) is 24.4. The molecule has 130 valence electrons. The van der Waals surface area contributed by atoms with Gasteiger partial charge in [-0.15, -0.1) is 0 Å². The molecule has 2 heterocycles. The molecule has 0 radical (unpaired) electrons. The molecule has 0 aliphatic rings. The minimum Gasteiger partial charge on any atom is -0.422 e. The summed E-state index contributed by atoms with van der Waals surface area (Å²) in [5, 5.41) is 7.77. The summed E-state index contributed by atoms with van der Waals surface area (Å²) >= 11 is 0. The third-order valence-electron chi connectivity index (χ3n) is 4.15. The molecule has 1 amide bonds. The molecule has 0 unspecified atom stereocenters. The first-order chi connectivity index (χ1) is 12.5. The molecule has 0 bridgehead atoms. The van der Waals surface area contributed by atoms with Gasteiger partial charge in [0.2, 0.25) is 5.91 Å². The van der Waals surface area contributed by atoms with Crippen LogP contribution in [0.15, 0.2) is 57.9 Å². The number of nitrogens with one attached hydrogen (secondary N) is 1. The monoisotopic (exact) mass is 351 g/mol. The third-order valence-corrected chi connectivity index (χ3v) is 4.15. The molecule has 7 heteroatoms. The SMILES string of the molecule is Cc1ccc(NC(=O)Cn2ncc3c(=O)oc4ccccc4c32)cc1F. The highest BCUT2D eigenvalue weighted by molar-refractivity contribution is 6.02. The van der Waals surface area contributed by atoms with Crippen molar-refractivity contribution in [3.8, 4) is 0 Å². The number of aromatic nitrogens is 2. The van der Waals surface area contributed by atoms with Crippen molar-refractivity contribution in [3.05, 3.63) is 70.5 Å². The Morgan fingerprint density at radius 1 is 1.23 bits per heavy atom. The third kappa shape index (κ3) is 2.73. The van der Waals surface area contributed by atoms with Gasteiger partial charge in [0.15, 0.2) is 0 Å². The topological polar surface area (TPSA) is 77.1 Å². The lowest BCUT2D eigenvalue weighted by Crippen LogP contribution is -2.19. The Balaban J connectivity index is 1.70. The zero-order valence-electron chi connectivity index (χ0n) is 13.8. The number of carbonyl (C=O) groups excluding carboxylic acids is 1. The normalized spacial score (nSPS) is 11.2. The highest BCUT2D eigenvalue weighted by Crippen LogP contribution is 2.22. The van der Waals surface area contributed by atoms with E-state index in [4.69, 9.17) is 4.42 Å². The van der Waals surface area contributed by atoms with E-state index in [1.165, 1.54) is 16.9 Å². The smallest absolute Gasteiger partial charge is 0.347 e. The van der Waals surface area contributed by atoms with E-state index in [0.29, 0.717) is 33.1 Å².